The molecule has 6 nitrogen and oxygen atoms in total. The largest absolute Gasteiger partial charge is 0.368 e. The minimum atomic E-state index is -0.759. The summed E-state index contributed by atoms with van der Waals surface area (Å²) in [7, 11) is 0. The van der Waals surface area contributed by atoms with Crippen molar-refractivity contribution in [2.75, 3.05) is 5.32 Å². The van der Waals surface area contributed by atoms with Crippen LogP contribution in [0.15, 0.2) is 59.5 Å². The summed E-state index contributed by atoms with van der Waals surface area (Å²) in [6, 6.07) is 13.0. The molecule has 0 radical (unpaired) electrons. The maximum absolute atomic E-state index is 12.7. The van der Waals surface area contributed by atoms with Gasteiger partial charge >= 0.3 is 0 Å². The van der Waals surface area contributed by atoms with Crippen molar-refractivity contribution in [2.24, 2.45) is 5.73 Å². The van der Waals surface area contributed by atoms with E-state index in [4.69, 9.17) is 17.3 Å². The number of nitrogens with one attached hydrogen (secondary N) is 1. The average Bonchev–Trinajstić information content (AvgIpc) is 2.64. The van der Waals surface area contributed by atoms with Crippen LogP contribution in [0.2, 0.25) is 5.02 Å². The minimum Gasteiger partial charge on any atom is -0.368 e. The highest BCUT2D eigenvalue weighted by atomic mass is 35.5. The third-order valence-corrected chi connectivity index (χ3v) is 4.61. The molecule has 7 heteroatoms. The first-order valence-corrected chi connectivity index (χ1v) is 8.72. The number of nitrogens with two attached hydrogens (primary N) is 1. The summed E-state index contributed by atoms with van der Waals surface area (Å²) in [5, 5.41) is 4.44. The highest BCUT2D eigenvalue weighted by Gasteiger charge is 2.15. The molecule has 3 N–H and O–H groups in total. The lowest BCUT2D eigenvalue weighted by molar-refractivity contribution is -0.120. The van der Waals surface area contributed by atoms with E-state index in [0.29, 0.717) is 21.5 Å². The predicted molar refractivity (Wildman–Crippen MR) is 106 cm³/mol. The number of hydrogen-bond acceptors (Lipinski definition) is 3. The number of primary amides is 1. The molecule has 0 aliphatic carbocycles. The molecule has 27 heavy (non-hydrogen) atoms. The number of carbonyl (C=O) groups excluding carboxylic acids is 2. The smallest absolute Gasteiger partial charge is 0.259 e. The van der Waals surface area contributed by atoms with Crippen molar-refractivity contribution in [3.63, 3.8) is 0 Å². The summed E-state index contributed by atoms with van der Waals surface area (Å²) in [4.78, 5) is 36.4. The van der Waals surface area contributed by atoms with E-state index in [1.165, 1.54) is 10.8 Å². The molecule has 2 amide bonds. The Morgan fingerprint density at radius 3 is 2.48 bits per heavy atom. The van der Waals surface area contributed by atoms with Crippen molar-refractivity contribution in [2.45, 2.75) is 19.4 Å². The molecule has 0 fully saturated rings. The van der Waals surface area contributed by atoms with Gasteiger partial charge in [0.15, 0.2) is 0 Å². The second-order valence-corrected chi connectivity index (χ2v) is 6.66. The zero-order chi connectivity index (χ0) is 19.6. The van der Waals surface area contributed by atoms with E-state index in [-0.39, 0.29) is 17.9 Å². The quantitative estimate of drug-likeness (QED) is 0.709. The Bertz CT molecular complexity index is 1070. The molecule has 1 unspecified atom stereocenters. The molecule has 0 aliphatic heterocycles. The summed E-state index contributed by atoms with van der Waals surface area (Å²) >= 11 is 5.85. The molecule has 1 heterocycles. The van der Waals surface area contributed by atoms with Gasteiger partial charge in [0.25, 0.3) is 5.56 Å². The Kier molecular flexibility index (Phi) is 5.28. The van der Waals surface area contributed by atoms with Gasteiger partial charge in [-0.2, -0.15) is 0 Å². The van der Waals surface area contributed by atoms with E-state index < -0.39 is 11.9 Å². The Hall–Kier alpha value is -3.12. The fraction of sp³-hybridized carbons (Fsp3) is 0.150. The molecular formula is C20H18ClN3O3. The fourth-order valence-corrected chi connectivity index (χ4v) is 2.95. The lowest BCUT2D eigenvalue weighted by Gasteiger charge is -2.14. The van der Waals surface area contributed by atoms with Crippen molar-refractivity contribution in [1.82, 2.24) is 4.57 Å². The van der Waals surface area contributed by atoms with Gasteiger partial charge in [-0.25, -0.2) is 0 Å². The van der Waals surface area contributed by atoms with Crippen molar-refractivity contribution in [3.8, 4) is 0 Å². The minimum absolute atomic E-state index is 0.184. The summed E-state index contributed by atoms with van der Waals surface area (Å²) in [5.41, 5.74) is 6.31. The second kappa shape index (κ2) is 7.63. The van der Waals surface area contributed by atoms with Crippen LogP contribution in [-0.4, -0.2) is 16.4 Å². The number of benzene rings is 2. The van der Waals surface area contributed by atoms with E-state index in [1.54, 1.807) is 55.5 Å². The molecule has 0 bridgehead atoms. The Balaban J connectivity index is 1.90. The van der Waals surface area contributed by atoms with E-state index in [0.717, 1.165) is 5.56 Å². The zero-order valence-corrected chi connectivity index (χ0v) is 15.4. The van der Waals surface area contributed by atoms with Crippen LogP contribution in [0.4, 0.5) is 5.69 Å². The van der Waals surface area contributed by atoms with Crippen LogP contribution in [-0.2, 0) is 16.0 Å². The molecule has 2 aromatic carbocycles. The van der Waals surface area contributed by atoms with Gasteiger partial charge in [0, 0.05) is 27.7 Å². The van der Waals surface area contributed by atoms with Crippen LogP contribution >= 0.6 is 11.6 Å². The molecular weight excluding hydrogens is 366 g/mol. The van der Waals surface area contributed by atoms with E-state index >= 15 is 0 Å². The molecule has 0 saturated heterocycles. The average molecular weight is 384 g/mol. The second-order valence-electron chi connectivity index (χ2n) is 6.22. The molecule has 3 rings (SSSR count). The molecule has 0 spiro atoms. The molecule has 0 saturated carbocycles. The van der Waals surface area contributed by atoms with Crippen LogP contribution < -0.4 is 16.6 Å². The summed E-state index contributed by atoms with van der Waals surface area (Å²) in [6.45, 7) is 1.56. The number of nitrogens with zero attached hydrogens (tertiary/aromatic N) is 1. The first-order valence-electron chi connectivity index (χ1n) is 8.34. The number of rotatable bonds is 5. The predicted octanol–water partition coefficient (Wildman–Crippen LogP) is 2.88. The molecule has 3 aromatic rings. The van der Waals surface area contributed by atoms with Crippen LogP contribution in [0.3, 0.4) is 0 Å². The number of pyridine rings is 1. The first kappa shape index (κ1) is 18.7. The first-order chi connectivity index (χ1) is 12.9. The van der Waals surface area contributed by atoms with Gasteiger partial charge in [-0.1, -0.05) is 29.8 Å². The number of aromatic nitrogens is 1. The number of hydrogen-bond donors (Lipinski definition) is 2. The van der Waals surface area contributed by atoms with Gasteiger partial charge in [0.1, 0.15) is 6.04 Å². The zero-order valence-electron chi connectivity index (χ0n) is 14.6. The van der Waals surface area contributed by atoms with Crippen LogP contribution in [0.1, 0.15) is 18.5 Å². The normalized spacial score (nSPS) is 11.9. The van der Waals surface area contributed by atoms with Gasteiger partial charge in [-0.3, -0.25) is 14.4 Å². The van der Waals surface area contributed by atoms with Crippen molar-refractivity contribution < 1.29 is 9.59 Å². The summed E-state index contributed by atoms with van der Waals surface area (Å²) in [5.74, 6) is -0.802. The Morgan fingerprint density at radius 1 is 1.11 bits per heavy atom. The van der Waals surface area contributed by atoms with Gasteiger partial charge in [0.2, 0.25) is 11.8 Å². The van der Waals surface area contributed by atoms with Crippen molar-refractivity contribution in [1.29, 1.82) is 0 Å². The summed E-state index contributed by atoms with van der Waals surface area (Å²) < 4.78 is 1.28. The third kappa shape index (κ3) is 4.01. The SMILES string of the molecule is CC(C(N)=O)n1ccc2c(NC(=O)Cc3ccc(Cl)cc3)cccc2c1=O. The van der Waals surface area contributed by atoms with Crippen LogP contribution in [0.5, 0.6) is 0 Å². The van der Waals surface area contributed by atoms with Gasteiger partial charge in [0.05, 0.1) is 6.42 Å². The molecule has 1 atom stereocenters. The number of fused-ring (bicyclic) bond motifs is 1. The number of amides is 2. The van der Waals surface area contributed by atoms with Crippen LogP contribution in [0.25, 0.3) is 10.8 Å². The van der Waals surface area contributed by atoms with E-state index in [9.17, 15) is 14.4 Å². The Labute approximate surface area is 160 Å². The highest BCUT2D eigenvalue weighted by Crippen LogP contribution is 2.22. The standard InChI is InChI=1S/C20H18ClN3O3/c1-12(19(22)26)24-10-9-15-16(20(24)27)3-2-4-17(15)23-18(25)11-13-5-7-14(21)8-6-13/h2-10,12H,11H2,1H3,(H2,22,26)(H,23,25). The van der Waals surface area contributed by atoms with Gasteiger partial charge in [-0.05, 0) is 42.8 Å². The number of halogens is 1. The fourth-order valence-electron chi connectivity index (χ4n) is 2.83. The van der Waals surface area contributed by atoms with E-state index in [1.807, 2.05) is 0 Å². The molecule has 138 valence electrons. The van der Waals surface area contributed by atoms with E-state index in [2.05, 4.69) is 5.32 Å². The molecule has 0 aliphatic rings. The van der Waals surface area contributed by atoms with Crippen molar-refractivity contribution >= 4 is 39.9 Å². The highest BCUT2D eigenvalue weighted by molar-refractivity contribution is 6.30. The number of carbonyl (C=O) groups is 2. The monoisotopic (exact) mass is 383 g/mol. The number of anilines is 1. The lowest BCUT2D eigenvalue weighted by atomic mass is 10.1. The topological polar surface area (TPSA) is 94.2 Å². The van der Waals surface area contributed by atoms with Crippen molar-refractivity contribution in [3.05, 3.63) is 75.7 Å². The maximum atomic E-state index is 12.7. The van der Waals surface area contributed by atoms with Gasteiger partial charge in [-0.15, -0.1) is 0 Å². The third-order valence-electron chi connectivity index (χ3n) is 4.35. The molecule has 1 aromatic heterocycles. The maximum Gasteiger partial charge on any atom is 0.259 e. The lowest BCUT2D eigenvalue weighted by Crippen LogP contribution is -2.31. The summed E-state index contributed by atoms with van der Waals surface area (Å²) in [6.07, 6.45) is 1.69. The Morgan fingerprint density at radius 2 is 1.81 bits per heavy atom. The van der Waals surface area contributed by atoms with Gasteiger partial charge < -0.3 is 15.6 Å². The van der Waals surface area contributed by atoms with Crippen LogP contribution in [0, 0.1) is 0 Å².